The Morgan fingerprint density at radius 2 is 2.11 bits per heavy atom. The fourth-order valence-corrected chi connectivity index (χ4v) is 3.17. The van der Waals surface area contributed by atoms with Crippen molar-refractivity contribution in [2.24, 2.45) is 5.41 Å². The van der Waals surface area contributed by atoms with Gasteiger partial charge >= 0.3 is 0 Å². The molecule has 98 valence electrons. The summed E-state index contributed by atoms with van der Waals surface area (Å²) in [5, 5.41) is 3.44. The molecule has 2 fully saturated rings. The number of nitrogens with zero attached hydrogens (tertiary/aromatic N) is 2. The molecule has 0 unspecified atom stereocenters. The van der Waals surface area contributed by atoms with Crippen molar-refractivity contribution in [2.45, 2.75) is 19.4 Å². The van der Waals surface area contributed by atoms with Gasteiger partial charge in [0.25, 0.3) is 0 Å². The smallest absolute Gasteiger partial charge is 0.212 e. The van der Waals surface area contributed by atoms with Crippen LogP contribution < -0.4 is 10.1 Å². The van der Waals surface area contributed by atoms with Gasteiger partial charge in [-0.3, -0.25) is 4.90 Å². The number of hydrogen-bond acceptors (Lipinski definition) is 4. The first-order valence-electron chi connectivity index (χ1n) is 6.72. The number of nitrogens with one attached hydrogen (secondary N) is 1. The molecule has 1 N–H and O–H groups in total. The quantitative estimate of drug-likeness (QED) is 0.873. The minimum Gasteiger partial charge on any atom is -0.481 e. The Hall–Kier alpha value is -1.13. The molecule has 0 bridgehead atoms. The molecule has 0 aliphatic carbocycles. The van der Waals surface area contributed by atoms with Gasteiger partial charge in [0.05, 0.1) is 7.11 Å². The molecule has 0 amide bonds. The second-order valence-electron chi connectivity index (χ2n) is 5.60. The summed E-state index contributed by atoms with van der Waals surface area (Å²) in [6.45, 7) is 5.91. The van der Waals surface area contributed by atoms with Crippen LogP contribution in [0.4, 0.5) is 0 Å². The second kappa shape index (κ2) is 4.86. The van der Waals surface area contributed by atoms with Crippen LogP contribution in [0.5, 0.6) is 5.88 Å². The van der Waals surface area contributed by atoms with E-state index in [0.29, 0.717) is 11.3 Å². The molecule has 0 atom stereocenters. The molecule has 0 aromatic carbocycles. The van der Waals surface area contributed by atoms with E-state index in [1.807, 2.05) is 12.3 Å². The maximum atomic E-state index is 5.07. The van der Waals surface area contributed by atoms with Crippen LogP contribution in [0.25, 0.3) is 0 Å². The van der Waals surface area contributed by atoms with E-state index in [1.54, 1.807) is 7.11 Å². The molecular formula is C14H21N3O. The van der Waals surface area contributed by atoms with Gasteiger partial charge in [0.2, 0.25) is 5.88 Å². The summed E-state index contributed by atoms with van der Waals surface area (Å²) in [6.07, 6.45) is 4.60. The van der Waals surface area contributed by atoms with E-state index in [9.17, 15) is 0 Å². The van der Waals surface area contributed by atoms with E-state index in [-0.39, 0.29) is 0 Å². The zero-order valence-corrected chi connectivity index (χ0v) is 11.0. The lowest BCUT2D eigenvalue weighted by atomic mass is 9.72. The van der Waals surface area contributed by atoms with Crippen LogP contribution in [0.2, 0.25) is 0 Å². The van der Waals surface area contributed by atoms with Gasteiger partial charge in [-0.15, -0.1) is 0 Å². The van der Waals surface area contributed by atoms with Gasteiger partial charge in [-0.05, 0) is 36.9 Å². The molecule has 0 saturated carbocycles. The third-order valence-electron chi connectivity index (χ3n) is 4.20. The monoisotopic (exact) mass is 247 g/mol. The Labute approximate surface area is 108 Å². The first-order chi connectivity index (χ1) is 8.80. The highest BCUT2D eigenvalue weighted by atomic mass is 16.5. The summed E-state index contributed by atoms with van der Waals surface area (Å²) in [4.78, 5) is 6.78. The minimum atomic E-state index is 0.616. The number of ether oxygens (including phenoxy) is 1. The second-order valence-corrected chi connectivity index (χ2v) is 5.60. The van der Waals surface area contributed by atoms with Crippen LogP contribution in [0.1, 0.15) is 18.4 Å². The van der Waals surface area contributed by atoms with E-state index in [2.05, 4.69) is 21.3 Å². The number of likely N-dealkylation sites (tertiary alicyclic amines) is 1. The summed E-state index contributed by atoms with van der Waals surface area (Å²) in [5.74, 6) is 0.692. The lowest BCUT2D eigenvalue weighted by molar-refractivity contribution is -0.0283. The molecule has 18 heavy (non-hydrogen) atoms. The van der Waals surface area contributed by atoms with Crippen molar-refractivity contribution in [3.05, 3.63) is 23.9 Å². The Kier molecular flexibility index (Phi) is 3.22. The molecule has 2 aliphatic heterocycles. The lowest BCUT2D eigenvalue weighted by Crippen LogP contribution is -2.59. The molecule has 4 heteroatoms. The number of pyridine rings is 1. The first-order valence-corrected chi connectivity index (χ1v) is 6.72. The maximum Gasteiger partial charge on any atom is 0.212 e. The largest absolute Gasteiger partial charge is 0.481 e. The molecule has 1 spiro atoms. The predicted molar refractivity (Wildman–Crippen MR) is 70.6 cm³/mol. The van der Waals surface area contributed by atoms with Crippen LogP contribution in [0, 0.1) is 5.41 Å². The molecule has 1 aromatic rings. The van der Waals surface area contributed by atoms with Crippen molar-refractivity contribution in [3.8, 4) is 5.88 Å². The average molecular weight is 247 g/mol. The van der Waals surface area contributed by atoms with Crippen LogP contribution in [0.3, 0.4) is 0 Å². The molecule has 3 heterocycles. The summed E-state index contributed by atoms with van der Waals surface area (Å²) in [6, 6.07) is 4.05. The third kappa shape index (κ3) is 2.35. The highest BCUT2D eigenvalue weighted by Gasteiger charge is 2.42. The van der Waals surface area contributed by atoms with Crippen molar-refractivity contribution < 1.29 is 4.74 Å². The van der Waals surface area contributed by atoms with Crippen LogP contribution >= 0.6 is 0 Å². The van der Waals surface area contributed by atoms with Crippen LogP contribution in [-0.4, -0.2) is 43.2 Å². The van der Waals surface area contributed by atoms with Crippen molar-refractivity contribution >= 4 is 0 Å². The van der Waals surface area contributed by atoms with Gasteiger partial charge < -0.3 is 10.1 Å². The maximum absolute atomic E-state index is 5.07. The van der Waals surface area contributed by atoms with Crippen LogP contribution in [0.15, 0.2) is 18.3 Å². The average Bonchev–Trinajstić information content (AvgIpc) is 2.39. The number of methoxy groups -OCH3 is 1. The fraction of sp³-hybridized carbons (Fsp3) is 0.643. The Bertz CT molecular complexity index is 390. The summed E-state index contributed by atoms with van der Waals surface area (Å²) >= 11 is 0. The number of piperidine rings is 1. The van der Waals surface area contributed by atoms with Crippen molar-refractivity contribution in [2.75, 3.05) is 33.3 Å². The Morgan fingerprint density at radius 1 is 1.33 bits per heavy atom. The highest BCUT2D eigenvalue weighted by molar-refractivity contribution is 5.18. The van der Waals surface area contributed by atoms with E-state index < -0.39 is 0 Å². The Balaban J connectivity index is 1.52. The fourth-order valence-electron chi connectivity index (χ4n) is 3.17. The lowest BCUT2D eigenvalue weighted by Gasteiger charge is -2.52. The van der Waals surface area contributed by atoms with E-state index in [4.69, 9.17) is 4.74 Å². The van der Waals surface area contributed by atoms with E-state index in [1.165, 1.54) is 44.6 Å². The number of rotatable bonds is 3. The zero-order valence-electron chi connectivity index (χ0n) is 11.0. The molecule has 0 radical (unpaired) electrons. The zero-order chi connectivity index (χ0) is 12.4. The third-order valence-corrected chi connectivity index (χ3v) is 4.20. The molecular weight excluding hydrogens is 226 g/mol. The van der Waals surface area contributed by atoms with Gasteiger partial charge in [0, 0.05) is 31.9 Å². The topological polar surface area (TPSA) is 37.4 Å². The highest BCUT2D eigenvalue weighted by Crippen LogP contribution is 2.39. The number of aromatic nitrogens is 1. The van der Waals surface area contributed by atoms with Crippen molar-refractivity contribution in [1.82, 2.24) is 15.2 Å². The molecule has 2 aliphatic rings. The van der Waals surface area contributed by atoms with E-state index >= 15 is 0 Å². The van der Waals surface area contributed by atoms with Crippen molar-refractivity contribution in [3.63, 3.8) is 0 Å². The molecule has 3 rings (SSSR count). The van der Waals surface area contributed by atoms with Gasteiger partial charge in [0.1, 0.15) is 0 Å². The summed E-state index contributed by atoms with van der Waals surface area (Å²) in [5.41, 5.74) is 1.89. The molecule has 1 aromatic heterocycles. The SMILES string of the molecule is COc1ccc(CN2CC3(CCNCC3)C2)cn1. The standard InChI is InChI=1S/C14H21N3O/c1-18-13-3-2-12(8-16-13)9-17-10-14(11-17)4-6-15-7-5-14/h2-3,8,15H,4-7,9-11H2,1H3. The molecule has 2 saturated heterocycles. The predicted octanol–water partition coefficient (Wildman–Crippen LogP) is 1.28. The number of hydrogen-bond donors (Lipinski definition) is 1. The first kappa shape index (κ1) is 11.9. The van der Waals surface area contributed by atoms with Gasteiger partial charge in [-0.25, -0.2) is 4.98 Å². The summed E-state index contributed by atoms with van der Waals surface area (Å²) in [7, 11) is 1.65. The Morgan fingerprint density at radius 3 is 2.72 bits per heavy atom. The molecule has 4 nitrogen and oxygen atoms in total. The van der Waals surface area contributed by atoms with Gasteiger partial charge in [-0.2, -0.15) is 0 Å². The minimum absolute atomic E-state index is 0.616. The summed E-state index contributed by atoms with van der Waals surface area (Å²) < 4.78 is 5.07. The van der Waals surface area contributed by atoms with Crippen molar-refractivity contribution in [1.29, 1.82) is 0 Å². The van der Waals surface area contributed by atoms with Gasteiger partial charge in [0.15, 0.2) is 0 Å². The normalized spacial score (nSPS) is 22.7. The van der Waals surface area contributed by atoms with Crippen LogP contribution in [-0.2, 0) is 6.54 Å². The van der Waals surface area contributed by atoms with Gasteiger partial charge in [-0.1, -0.05) is 6.07 Å². The van der Waals surface area contributed by atoms with E-state index in [0.717, 1.165) is 6.54 Å².